The van der Waals surface area contributed by atoms with Crippen molar-refractivity contribution < 1.29 is 9.90 Å². The zero-order valence-corrected chi connectivity index (χ0v) is 13.1. The van der Waals surface area contributed by atoms with Crippen LogP contribution in [0, 0.1) is 5.92 Å². The summed E-state index contributed by atoms with van der Waals surface area (Å²) in [6, 6.07) is 8.35. The molecule has 4 nitrogen and oxygen atoms in total. The molecule has 1 aromatic heterocycles. The lowest BCUT2D eigenvalue weighted by atomic mass is 9.86. The molecule has 1 fully saturated rings. The predicted octanol–water partition coefficient (Wildman–Crippen LogP) is 4.05. The molecule has 0 bridgehead atoms. The summed E-state index contributed by atoms with van der Waals surface area (Å²) in [5, 5.41) is 13.7. The number of halogens is 1. The molecule has 0 atom stereocenters. The van der Waals surface area contributed by atoms with Crippen molar-refractivity contribution in [3.05, 3.63) is 34.9 Å². The highest BCUT2D eigenvalue weighted by Crippen LogP contribution is 2.31. The third-order valence-corrected chi connectivity index (χ3v) is 4.85. The highest BCUT2D eigenvalue weighted by Gasteiger charge is 2.26. The van der Waals surface area contributed by atoms with Crippen LogP contribution in [0.25, 0.3) is 10.9 Å². The molecule has 21 heavy (non-hydrogen) atoms. The molecule has 1 saturated carbocycles. The number of nitrogens with one attached hydrogen (secondary N) is 1. The molecule has 1 aliphatic carbocycles. The van der Waals surface area contributed by atoms with Gasteiger partial charge >= 0.3 is 5.97 Å². The summed E-state index contributed by atoms with van der Waals surface area (Å²) in [5.74, 6) is -0.841. The van der Waals surface area contributed by atoms with Gasteiger partial charge in [0.2, 0.25) is 0 Å². The molecule has 0 radical (unpaired) electrons. The maximum atomic E-state index is 11.0. The van der Waals surface area contributed by atoms with Gasteiger partial charge in [0.25, 0.3) is 0 Å². The second-order valence-corrected chi connectivity index (χ2v) is 6.38. The van der Waals surface area contributed by atoms with Crippen molar-refractivity contribution in [3.63, 3.8) is 0 Å². The molecule has 0 aliphatic heterocycles. The van der Waals surface area contributed by atoms with E-state index in [9.17, 15) is 4.79 Å². The van der Waals surface area contributed by atoms with Gasteiger partial charge in [0, 0.05) is 22.1 Å². The first kappa shape index (κ1) is 14.3. The van der Waals surface area contributed by atoms with Gasteiger partial charge in [0.05, 0.1) is 17.1 Å². The number of benzene rings is 1. The topological polar surface area (TPSA) is 62.2 Å². The van der Waals surface area contributed by atoms with Crippen molar-refractivity contribution >= 4 is 38.5 Å². The number of nitrogens with zero attached hydrogens (tertiary/aromatic N) is 1. The van der Waals surface area contributed by atoms with Crippen LogP contribution in [0.1, 0.15) is 25.7 Å². The summed E-state index contributed by atoms with van der Waals surface area (Å²) in [6.07, 6.45) is 5.06. The standard InChI is InChI=1S/C16H17BrN2O2/c17-13-8-9-18-15-12(13)2-1-3-14(15)19-11-6-4-10(5-7-11)16(20)21/h1-3,8-11,19H,4-7H2,(H,20,21). The minimum atomic E-state index is -0.663. The molecule has 1 aromatic carbocycles. The van der Waals surface area contributed by atoms with Crippen LogP contribution >= 0.6 is 15.9 Å². The lowest BCUT2D eigenvalue weighted by molar-refractivity contribution is -0.142. The number of hydrogen-bond acceptors (Lipinski definition) is 3. The van der Waals surface area contributed by atoms with Gasteiger partial charge in [-0.15, -0.1) is 0 Å². The van der Waals surface area contributed by atoms with Crippen LogP contribution in [-0.4, -0.2) is 22.1 Å². The largest absolute Gasteiger partial charge is 0.481 e. The lowest BCUT2D eigenvalue weighted by Crippen LogP contribution is -2.29. The zero-order valence-electron chi connectivity index (χ0n) is 11.6. The number of rotatable bonds is 3. The highest BCUT2D eigenvalue weighted by molar-refractivity contribution is 9.10. The number of carboxylic acid groups (broad SMARTS) is 1. The van der Waals surface area contributed by atoms with Gasteiger partial charge < -0.3 is 10.4 Å². The minimum Gasteiger partial charge on any atom is -0.481 e. The van der Waals surface area contributed by atoms with Crippen molar-refractivity contribution in [2.45, 2.75) is 31.7 Å². The molecule has 0 saturated heterocycles. The number of aromatic nitrogens is 1. The van der Waals surface area contributed by atoms with E-state index in [1.807, 2.05) is 24.3 Å². The van der Waals surface area contributed by atoms with Gasteiger partial charge in [0.1, 0.15) is 0 Å². The molecular formula is C16H17BrN2O2. The Hall–Kier alpha value is -1.62. The monoisotopic (exact) mass is 348 g/mol. The van der Waals surface area contributed by atoms with E-state index in [1.54, 1.807) is 6.20 Å². The van der Waals surface area contributed by atoms with E-state index in [-0.39, 0.29) is 5.92 Å². The number of fused-ring (bicyclic) bond motifs is 1. The third kappa shape index (κ3) is 3.02. The van der Waals surface area contributed by atoms with Crippen molar-refractivity contribution in [3.8, 4) is 0 Å². The molecule has 1 aliphatic rings. The normalized spacial score (nSPS) is 22.1. The van der Waals surface area contributed by atoms with Crippen LogP contribution in [0.2, 0.25) is 0 Å². The number of carbonyl (C=O) groups is 1. The number of carboxylic acids is 1. The Morgan fingerprint density at radius 2 is 2.00 bits per heavy atom. The molecule has 110 valence electrons. The molecular weight excluding hydrogens is 332 g/mol. The molecule has 3 rings (SSSR count). The van der Waals surface area contributed by atoms with Crippen molar-refractivity contribution in [2.75, 3.05) is 5.32 Å². The van der Waals surface area contributed by atoms with Crippen LogP contribution in [0.3, 0.4) is 0 Å². The van der Waals surface area contributed by atoms with Crippen LogP contribution in [0.15, 0.2) is 34.9 Å². The zero-order chi connectivity index (χ0) is 14.8. The van der Waals surface area contributed by atoms with E-state index in [0.717, 1.165) is 46.7 Å². The average molecular weight is 349 g/mol. The van der Waals surface area contributed by atoms with E-state index in [1.165, 1.54) is 0 Å². The van der Waals surface area contributed by atoms with E-state index in [4.69, 9.17) is 5.11 Å². The van der Waals surface area contributed by atoms with Gasteiger partial charge in [-0.25, -0.2) is 0 Å². The molecule has 1 heterocycles. The minimum absolute atomic E-state index is 0.178. The molecule has 0 amide bonds. The second-order valence-electron chi connectivity index (χ2n) is 5.53. The predicted molar refractivity (Wildman–Crippen MR) is 86.4 cm³/mol. The number of para-hydroxylation sites is 1. The SMILES string of the molecule is O=C(O)C1CCC(Nc2cccc3c(Br)ccnc23)CC1. The maximum absolute atomic E-state index is 11.0. The molecule has 5 heteroatoms. The van der Waals surface area contributed by atoms with Gasteiger partial charge in [-0.3, -0.25) is 9.78 Å². The first-order chi connectivity index (χ1) is 10.1. The number of anilines is 1. The van der Waals surface area contributed by atoms with Gasteiger partial charge in [0.15, 0.2) is 0 Å². The first-order valence-corrected chi connectivity index (χ1v) is 7.97. The Bertz CT molecular complexity index is 666. The quantitative estimate of drug-likeness (QED) is 0.878. The fourth-order valence-electron chi connectivity index (χ4n) is 2.96. The molecule has 2 N–H and O–H groups in total. The smallest absolute Gasteiger partial charge is 0.306 e. The van der Waals surface area contributed by atoms with E-state index in [0.29, 0.717) is 6.04 Å². The number of pyridine rings is 1. The van der Waals surface area contributed by atoms with E-state index < -0.39 is 5.97 Å². The van der Waals surface area contributed by atoms with Gasteiger partial charge in [-0.1, -0.05) is 28.1 Å². The lowest BCUT2D eigenvalue weighted by Gasteiger charge is -2.28. The van der Waals surface area contributed by atoms with Crippen LogP contribution < -0.4 is 5.32 Å². The Labute approximate surface area is 131 Å². The van der Waals surface area contributed by atoms with Crippen LogP contribution in [0.4, 0.5) is 5.69 Å². The molecule has 0 unspecified atom stereocenters. The summed E-state index contributed by atoms with van der Waals surface area (Å²) in [6.45, 7) is 0. The van der Waals surface area contributed by atoms with Crippen molar-refractivity contribution in [1.29, 1.82) is 0 Å². The summed E-state index contributed by atoms with van der Waals surface area (Å²) in [5.41, 5.74) is 1.97. The fourth-order valence-corrected chi connectivity index (χ4v) is 3.40. The highest BCUT2D eigenvalue weighted by atomic mass is 79.9. The van der Waals surface area contributed by atoms with Crippen LogP contribution in [-0.2, 0) is 4.79 Å². The first-order valence-electron chi connectivity index (χ1n) is 7.17. The van der Waals surface area contributed by atoms with Crippen molar-refractivity contribution in [2.24, 2.45) is 5.92 Å². The Morgan fingerprint density at radius 3 is 2.71 bits per heavy atom. The van der Waals surface area contributed by atoms with E-state index >= 15 is 0 Å². The number of aliphatic carboxylic acids is 1. The second kappa shape index (κ2) is 6.02. The average Bonchev–Trinajstić information content (AvgIpc) is 2.49. The summed E-state index contributed by atoms with van der Waals surface area (Å²) in [4.78, 5) is 15.5. The van der Waals surface area contributed by atoms with Crippen molar-refractivity contribution in [1.82, 2.24) is 4.98 Å². The fraction of sp³-hybridized carbons (Fsp3) is 0.375. The Kier molecular flexibility index (Phi) is 4.10. The van der Waals surface area contributed by atoms with Crippen LogP contribution in [0.5, 0.6) is 0 Å². The Balaban J connectivity index is 1.77. The molecule has 2 aromatic rings. The summed E-state index contributed by atoms with van der Waals surface area (Å²) >= 11 is 3.55. The van der Waals surface area contributed by atoms with E-state index in [2.05, 4.69) is 26.2 Å². The molecule has 0 spiro atoms. The van der Waals surface area contributed by atoms with Gasteiger partial charge in [-0.2, -0.15) is 0 Å². The van der Waals surface area contributed by atoms with Gasteiger partial charge in [-0.05, 0) is 37.8 Å². The number of hydrogen-bond donors (Lipinski definition) is 2. The summed E-state index contributed by atoms with van der Waals surface area (Å²) < 4.78 is 1.03. The summed E-state index contributed by atoms with van der Waals surface area (Å²) in [7, 11) is 0. The maximum Gasteiger partial charge on any atom is 0.306 e. The Morgan fingerprint density at radius 1 is 1.24 bits per heavy atom. The third-order valence-electron chi connectivity index (χ3n) is 4.15.